The highest BCUT2D eigenvalue weighted by Gasteiger charge is 2.27. The number of amides is 1. The highest BCUT2D eigenvalue weighted by atomic mass is 16.5. The Hall–Kier alpha value is -3.27. The predicted octanol–water partition coefficient (Wildman–Crippen LogP) is 2.82. The summed E-state index contributed by atoms with van der Waals surface area (Å²) >= 11 is 0. The number of rotatable bonds is 6. The molecule has 0 bridgehead atoms. The SMILES string of the molecule is CCOc1ccc(/C=C/c2nc(C#N)c(N3CCC(C(N)=O)CC3)o2)cc1. The van der Waals surface area contributed by atoms with Crippen molar-refractivity contribution in [3.8, 4) is 11.8 Å². The van der Waals surface area contributed by atoms with E-state index < -0.39 is 0 Å². The first-order chi connectivity index (χ1) is 13.1. The van der Waals surface area contributed by atoms with E-state index in [1.165, 1.54) is 0 Å². The molecule has 0 unspecified atom stereocenters. The second-order valence-corrected chi connectivity index (χ2v) is 6.32. The summed E-state index contributed by atoms with van der Waals surface area (Å²) in [5.41, 5.74) is 6.59. The topological polar surface area (TPSA) is 105 Å². The van der Waals surface area contributed by atoms with E-state index >= 15 is 0 Å². The van der Waals surface area contributed by atoms with Crippen molar-refractivity contribution in [2.24, 2.45) is 11.7 Å². The van der Waals surface area contributed by atoms with E-state index in [-0.39, 0.29) is 17.5 Å². The Balaban J connectivity index is 1.71. The molecule has 0 aliphatic carbocycles. The zero-order chi connectivity index (χ0) is 19.2. The van der Waals surface area contributed by atoms with E-state index in [2.05, 4.69) is 11.1 Å². The van der Waals surface area contributed by atoms with Gasteiger partial charge in [-0.15, -0.1) is 0 Å². The Kier molecular flexibility index (Phi) is 5.77. The molecule has 2 N–H and O–H groups in total. The summed E-state index contributed by atoms with van der Waals surface area (Å²) < 4.78 is 11.2. The predicted molar refractivity (Wildman–Crippen MR) is 102 cm³/mol. The lowest BCUT2D eigenvalue weighted by molar-refractivity contribution is -0.122. The number of hydrogen-bond donors (Lipinski definition) is 1. The Morgan fingerprint density at radius 1 is 1.37 bits per heavy atom. The number of oxazole rings is 1. The molecule has 7 heteroatoms. The number of nitrogens with two attached hydrogens (primary N) is 1. The zero-order valence-electron chi connectivity index (χ0n) is 15.2. The van der Waals surface area contributed by atoms with Crippen LogP contribution in [0, 0.1) is 17.2 Å². The molecular formula is C20H22N4O3. The lowest BCUT2D eigenvalue weighted by atomic mass is 9.96. The van der Waals surface area contributed by atoms with Crippen LogP contribution in [0.5, 0.6) is 5.75 Å². The maximum absolute atomic E-state index is 11.3. The van der Waals surface area contributed by atoms with Gasteiger partial charge in [0.1, 0.15) is 11.8 Å². The van der Waals surface area contributed by atoms with Crippen LogP contribution in [0.4, 0.5) is 5.88 Å². The van der Waals surface area contributed by atoms with Gasteiger partial charge in [0.05, 0.1) is 6.61 Å². The number of nitrogens with zero attached hydrogens (tertiary/aromatic N) is 3. The second-order valence-electron chi connectivity index (χ2n) is 6.32. The molecule has 3 rings (SSSR count). The van der Waals surface area contributed by atoms with Crippen molar-refractivity contribution >= 4 is 23.9 Å². The fourth-order valence-corrected chi connectivity index (χ4v) is 3.06. The van der Waals surface area contributed by atoms with E-state index in [9.17, 15) is 10.1 Å². The third-order valence-corrected chi connectivity index (χ3v) is 4.53. The van der Waals surface area contributed by atoms with Crippen molar-refractivity contribution in [3.63, 3.8) is 0 Å². The molecule has 1 aliphatic rings. The summed E-state index contributed by atoms with van der Waals surface area (Å²) in [7, 11) is 0. The third-order valence-electron chi connectivity index (χ3n) is 4.53. The fourth-order valence-electron chi connectivity index (χ4n) is 3.06. The van der Waals surface area contributed by atoms with Crippen LogP contribution in [0.3, 0.4) is 0 Å². The van der Waals surface area contributed by atoms with Crippen molar-refractivity contribution < 1.29 is 13.9 Å². The van der Waals surface area contributed by atoms with Gasteiger partial charge in [-0.05, 0) is 43.5 Å². The number of benzene rings is 1. The van der Waals surface area contributed by atoms with Gasteiger partial charge in [-0.25, -0.2) is 0 Å². The van der Waals surface area contributed by atoms with Crippen molar-refractivity contribution in [2.75, 3.05) is 24.6 Å². The maximum atomic E-state index is 11.3. The van der Waals surface area contributed by atoms with Crippen molar-refractivity contribution in [2.45, 2.75) is 19.8 Å². The molecule has 7 nitrogen and oxygen atoms in total. The number of nitriles is 1. The van der Waals surface area contributed by atoms with Gasteiger partial charge in [-0.3, -0.25) is 4.79 Å². The number of carbonyl (C=O) groups is 1. The van der Waals surface area contributed by atoms with E-state index in [0.717, 1.165) is 11.3 Å². The number of ether oxygens (including phenoxy) is 1. The molecule has 1 amide bonds. The highest BCUT2D eigenvalue weighted by molar-refractivity contribution is 5.77. The number of piperidine rings is 1. The van der Waals surface area contributed by atoms with Crippen LogP contribution >= 0.6 is 0 Å². The Labute approximate surface area is 158 Å². The summed E-state index contributed by atoms with van der Waals surface area (Å²) in [6.45, 7) is 3.79. The lowest BCUT2D eigenvalue weighted by Gasteiger charge is -2.30. The Bertz CT molecular complexity index is 856. The molecule has 1 aromatic carbocycles. The van der Waals surface area contributed by atoms with Gasteiger partial charge in [-0.1, -0.05) is 12.1 Å². The molecule has 1 saturated heterocycles. The van der Waals surface area contributed by atoms with Crippen LogP contribution in [0.25, 0.3) is 12.2 Å². The van der Waals surface area contributed by atoms with Gasteiger partial charge in [0, 0.05) is 25.1 Å². The maximum Gasteiger partial charge on any atom is 0.235 e. The molecule has 0 atom stereocenters. The molecule has 0 radical (unpaired) electrons. The van der Waals surface area contributed by atoms with Gasteiger partial charge in [0.25, 0.3) is 0 Å². The van der Waals surface area contributed by atoms with Crippen LogP contribution in [-0.4, -0.2) is 30.6 Å². The molecule has 1 aliphatic heterocycles. The monoisotopic (exact) mass is 366 g/mol. The van der Waals surface area contributed by atoms with Crippen LogP contribution in [0.2, 0.25) is 0 Å². The number of anilines is 1. The minimum atomic E-state index is -0.272. The van der Waals surface area contributed by atoms with Crippen LogP contribution in [0.1, 0.15) is 36.9 Å². The molecule has 2 heterocycles. The van der Waals surface area contributed by atoms with E-state index in [0.29, 0.717) is 44.3 Å². The fraction of sp³-hybridized carbons (Fsp3) is 0.350. The molecule has 1 aromatic heterocycles. The van der Waals surface area contributed by atoms with Gasteiger partial charge in [-0.2, -0.15) is 10.2 Å². The van der Waals surface area contributed by atoms with Crippen molar-refractivity contribution in [1.29, 1.82) is 5.26 Å². The van der Waals surface area contributed by atoms with E-state index in [1.54, 1.807) is 6.08 Å². The summed E-state index contributed by atoms with van der Waals surface area (Å²) in [5.74, 6) is 1.25. The number of aromatic nitrogens is 1. The normalized spacial score (nSPS) is 15.0. The zero-order valence-corrected chi connectivity index (χ0v) is 15.2. The van der Waals surface area contributed by atoms with Gasteiger partial charge in [0.15, 0.2) is 0 Å². The Morgan fingerprint density at radius 2 is 2.07 bits per heavy atom. The lowest BCUT2D eigenvalue weighted by Crippen LogP contribution is -2.38. The van der Waals surface area contributed by atoms with Gasteiger partial charge < -0.3 is 19.8 Å². The smallest absolute Gasteiger partial charge is 0.235 e. The number of carbonyl (C=O) groups excluding carboxylic acids is 1. The molecule has 1 fully saturated rings. The largest absolute Gasteiger partial charge is 0.494 e. The molecule has 140 valence electrons. The average molecular weight is 366 g/mol. The third kappa shape index (κ3) is 4.47. The molecular weight excluding hydrogens is 344 g/mol. The minimum absolute atomic E-state index is 0.117. The first kappa shape index (κ1) is 18.5. The van der Waals surface area contributed by atoms with Crippen LogP contribution < -0.4 is 15.4 Å². The van der Waals surface area contributed by atoms with Crippen molar-refractivity contribution in [1.82, 2.24) is 4.98 Å². The molecule has 2 aromatic rings. The first-order valence-electron chi connectivity index (χ1n) is 8.97. The molecule has 0 saturated carbocycles. The Morgan fingerprint density at radius 3 is 2.67 bits per heavy atom. The standard InChI is InChI=1S/C20H22N4O3/c1-2-26-16-6-3-14(4-7-16)5-8-18-23-17(13-21)20(27-18)24-11-9-15(10-12-24)19(22)25/h3-8,15H,2,9-12H2,1H3,(H2,22,25)/b8-5+. The molecule has 27 heavy (non-hydrogen) atoms. The summed E-state index contributed by atoms with van der Waals surface area (Å²) in [6.07, 6.45) is 4.90. The number of hydrogen-bond acceptors (Lipinski definition) is 6. The van der Waals surface area contributed by atoms with Gasteiger partial charge in [0.2, 0.25) is 23.4 Å². The second kappa shape index (κ2) is 8.41. The minimum Gasteiger partial charge on any atom is -0.494 e. The van der Waals surface area contributed by atoms with E-state index in [4.69, 9.17) is 14.9 Å². The summed E-state index contributed by atoms with van der Waals surface area (Å²) in [4.78, 5) is 17.5. The van der Waals surface area contributed by atoms with Gasteiger partial charge >= 0.3 is 0 Å². The van der Waals surface area contributed by atoms with E-state index in [1.807, 2.05) is 42.2 Å². The average Bonchev–Trinajstić information content (AvgIpc) is 3.11. The van der Waals surface area contributed by atoms with Crippen LogP contribution in [0.15, 0.2) is 28.7 Å². The first-order valence-corrected chi connectivity index (χ1v) is 8.97. The number of primary amides is 1. The quantitative estimate of drug-likeness (QED) is 0.843. The van der Waals surface area contributed by atoms with Crippen molar-refractivity contribution in [3.05, 3.63) is 41.4 Å². The summed E-state index contributed by atoms with van der Waals surface area (Å²) in [5, 5.41) is 9.36. The highest BCUT2D eigenvalue weighted by Crippen LogP contribution is 2.27. The summed E-state index contributed by atoms with van der Waals surface area (Å²) in [6, 6.07) is 9.74. The van der Waals surface area contributed by atoms with Crippen LogP contribution in [-0.2, 0) is 4.79 Å². The molecule has 0 spiro atoms.